The molecule has 1 aliphatic rings. The van der Waals surface area contributed by atoms with Crippen molar-refractivity contribution in [3.8, 4) is 0 Å². The molecule has 0 bridgehead atoms. The van der Waals surface area contributed by atoms with Crippen molar-refractivity contribution >= 4 is 23.2 Å². The molecule has 0 aromatic heterocycles. The lowest BCUT2D eigenvalue weighted by Gasteiger charge is -2.30. The van der Waals surface area contributed by atoms with Gasteiger partial charge in [-0.25, -0.2) is 0 Å². The zero-order chi connectivity index (χ0) is 13.8. The fraction of sp³-hybridized carbons (Fsp3) is 0.500. The average Bonchev–Trinajstić information content (AvgIpc) is 2.38. The van der Waals surface area contributed by atoms with Crippen LogP contribution in [0.5, 0.6) is 0 Å². The number of amides is 1. The van der Waals surface area contributed by atoms with Gasteiger partial charge in [0.05, 0.1) is 5.56 Å². The lowest BCUT2D eigenvalue weighted by molar-refractivity contribution is 0.0913. The van der Waals surface area contributed by atoms with Crippen LogP contribution in [-0.4, -0.2) is 44.0 Å². The van der Waals surface area contributed by atoms with Gasteiger partial charge >= 0.3 is 0 Å². The van der Waals surface area contributed by atoms with Crippen molar-refractivity contribution in [1.82, 2.24) is 10.2 Å². The van der Waals surface area contributed by atoms with Gasteiger partial charge in [-0.05, 0) is 44.6 Å². The van der Waals surface area contributed by atoms with Crippen molar-refractivity contribution in [2.75, 3.05) is 32.5 Å². The van der Waals surface area contributed by atoms with Crippen molar-refractivity contribution in [1.29, 1.82) is 0 Å². The number of carbonyl (C=O) groups excluding carboxylic acids is 1. The first-order valence-electron chi connectivity index (χ1n) is 6.57. The highest BCUT2D eigenvalue weighted by Crippen LogP contribution is 2.20. The van der Waals surface area contributed by atoms with Crippen molar-refractivity contribution in [3.63, 3.8) is 0 Å². The summed E-state index contributed by atoms with van der Waals surface area (Å²) in [4.78, 5) is 14.6. The van der Waals surface area contributed by atoms with Gasteiger partial charge in [0.15, 0.2) is 0 Å². The van der Waals surface area contributed by atoms with Crippen molar-refractivity contribution in [2.24, 2.45) is 0 Å². The second-order valence-electron chi connectivity index (χ2n) is 5.01. The zero-order valence-corrected chi connectivity index (χ0v) is 12.1. The van der Waals surface area contributed by atoms with Crippen LogP contribution in [0.25, 0.3) is 0 Å². The van der Waals surface area contributed by atoms with E-state index in [0.29, 0.717) is 10.6 Å². The number of benzene rings is 1. The number of likely N-dealkylation sites (tertiary alicyclic amines) is 1. The maximum Gasteiger partial charge on any atom is 0.253 e. The topological polar surface area (TPSA) is 44.4 Å². The minimum Gasteiger partial charge on any atom is -0.387 e. The third-order valence-corrected chi connectivity index (χ3v) is 3.69. The van der Waals surface area contributed by atoms with Crippen LogP contribution in [-0.2, 0) is 0 Å². The smallest absolute Gasteiger partial charge is 0.253 e. The highest BCUT2D eigenvalue weighted by molar-refractivity contribution is 6.31. The Labute approximate surface area is 119 Å². The summed E-state index contributed by atoms with van der Waals surface area (Å²) < 4.78 is 0. The molecule has 104 valence electrons. The van der Waals surface area contributed by atoms with E-state index < -0.39 is 0 Å². The Hall–Kier alpha value is -1.26. The first kappa shape index (κ1) is 14.2. The van der Waals surface area contributed by atoms with E-state index in [4.69, 9.17) is 11.6 Å². The lowest BCUT2D eigenvalue weighted by Crippen LogP contribution is -2.46. The van der Waals surface area contributed by atoms with Gasteiger partial charge in [-0.1, -0.05) is 11.6 Å². The summed E-state index contributed by atoms with van der Waals surface area (Å²) >= 11 is 5.97. The molecule has 0 radical (unpaired) electrons. The number of anilines is 1. The zero-order valence-electron chi connectivity index (χ0n) is 11.4. The number of piperidine rings is 1. The van der Waals surface area contributed by atoms with E-state index in [9.17, 15) is 4.79 Å². The number of hydrogen-bond acceptors (Lipinski definition) is 3. The Morgan fingerprint density at radius 3 is 2.95 bits per heavy atom. The van der Waals surface area contributed by atoms with Gasteiger partial charge in [0.2, 0.25) is 0 Å². The summed E-state index contributed by atoms with van der Waals surface area (Å²) in [6.45, 7) is 2.01. The molecular weight excluding hydrogens is 262 g/mol. The van der Waals surface area contributed by atoms with E-state index in [0.717, 1.165) is 31.6 Å². The molecule has 0 saturated carbocycles. The molecule has 1 aromatic rings. The van der Waals surface area contributed by atoms with E-state index >= 15 is 0 Å². The largest absolute Gasteiger partial charge is 0.387 e. The van der Waals surface area contributed by atoms with E-state index in [1.807, 2.05) is 6.07 Å². The van der Waals surface area contributed by atoms with Crippen LogP contribution in [0.2, 0.25) is 5.02 Å². The fourth-order valence-electron chi connectivity index (χ4n) is 2.47. The highest BCUT2D eigenvalue weighted by Gasteiger charge is 2.20. The molecule has 1 aliphatic heterocycles. The number of halogens is 1. The van der Waals surface area contributed by atoms with Gasteiger partial charge in [-0.3, -0.25) is 4.79 Å². The van der Waals surface area contributed by atoms with E-state index in [1.54, 1.807) is 19.2 Å². The van der Waals surface area contributed by atoms with Gasteiger partial charge in [0, 0.05) is 30.3 Å². The molecule has 0 aliphatic carbocycles. The number of rotatable bonds is 3. The Balaban J connectivity index is 2.09. The summed E-state index contributed by atoms with van der Waals surface area (Å²) in [5, 5.41) is 6.68. The molecule has 0 spiro atoms. The van der Waals surface area contributed by atoms with Crippen molar-refractivity contribution in [3.05, 3.63) is 28.8 Å². The molecular formula is C14H20ClN3O. The van der Waals surface area contributed by atoms with Crippen LogP contribution >= 0.6 is 11.6 Å². The number of carbonyl (C=O) groups is 1. The Morgan fingerprint density at radius 1 is 1.47 bits per heavy atom. The quantitative estimate of drug-likeness (QED) is 0.893. The first-order valence-corrected chi connectivity index (χ1v) is 6.94. The van der Waals surface area contributed by atoms with Crippen molar-refractivity contribution in [2.45, 2.75) is 18.9 Å². The molecule has 5 heteroatoms. The van der Waals surface area contributed by atoms with Gasteiger partial charge in [0.1, 0.15) is 0 Å². The maximum atomic E-state index is 12.3. The normalized spacial score (nSPS) is 20.1. The van der Waals surface area contributed by atoms with E-state index in [1.165, 1.54) is 0 Å². The van der Waals surface area contributed by atoms with E-state index in [2.05, 4.69) is 22.6 Å². The molecule has 0 unspecified atom stereocenters. The summed E-state index contributed by atoms with van der Waals surface area (Å²) in [6, 6.07) is 5.52. The van der Waals surface area contributed by atoms with Gasteiger partial charge in [0.25, 0.3) is 5.91 Å². The van der Waals surface area contributed by atoms with Crippen LogP contribution in [0.15, 0.2) is 18.2 Å². The minimum atomic E-state index is -0.0628. The molecule has 1 heterocycles. The molecule has 1 amide bonds. The second-order valence-corrected chi connectivity index (χ2v) is 5.45. The third-order valence-electron chi connectivity index (χ3n) is 3.46. The summed E-state index contributed by atoms with van der Waals surface area (Å²) in [5.41, 5.74) is 1.40. The lowest BCUT2D eigenvalue weighted by atomic mass is 10.1. The number of likely N-dealkylation sites (N-methyl/N-ethyl adjacent to an activating group) is 1. The van der Waals surface area contributed by atoms with Crippen LogP contribution in [0.4, 0.5) is 5.69 Å². The molecule has 2 rings (SSSR count). The minimum absolute atomic E-state index is 0.0628. The standard InChI is InChI=1S/C14H20ClN3O/c1-16-13-6-5-10(15)8-12(13)14(19)17-11-4-3-7-18(2)9-11/h5-6,8,11,16H,3-4,7,9H2,1-2H3,(H,17,19)/t11-/m1/s1. The molecule has 4 nitrogen and oxygen atoms in total. The number of nitrogens with one attached hydrogen (secondary N) is 2. The number of nitrogens with zero attached hydrogens (tertiary/aromatic N) is 1. The highest BCUT2D eigenvalue weighted by atomic mass is 35.5. The molecule has 1 fully saturated rings. The van der Waals surface area contributed by atoms with Crippen LogP contribution < -0.4 is 10.6 Å². The average molecular weight is 282 g/mol. The SMILES string of the molecule is CNc1ccc(Cl)cc1C(=O)N[C@@H]1CCCN(C)C1. The summed E-state index contributed by atoms with van der Waals surface area (Å²) in [7, 11) is 3.88. The van der Waals surface area contributed by atoms with E-state index in [-0.39, 0.29) is 11.9 Å². The molecule has 1 aromatic carbocycles. The molecule has 1 saturated heterocycles. The summed E-state index contributed by atoms with van der Waals surface area (Å²) in [6.07, 6.45) is 2.15. The van der Waals surface area contributed by atoms with Gasteiger partial charge in [-0.15, -0.1) is 0 Å². The predicted molar refractivity (Wildman–Crippen MR) is 79.0 cm³/mol. The van der Waals surface area contributed by atoms with Gasteiger partial charge in [-0.2, -0.15) is 0 Å². The molecule has 19 heavy (non-hydrogen) atoms. The van der Waals surface area contributed by atoms with Crippen LogP contribution in [0.1, 0.15) is 23.2 Å². The van der Waals surface area contributed by atoms with Gasteiger partial charge < -0.3 is 15.5 Å². The third kappa shape index (κ3) is 3.61. The van der Waals surface area contributed by atoms with Crippen LogP contribution in [0.3, 0.4) is 0 Å². The Morgan fingerprint density at radius 2 is 2.26 bits per heavy atom. The maximum absolute atomic E-state index is 12.3. The Bertz CT molecular complexity index is 464. The van der Waals surface area contributed by atoms with Crippen molar-refractivity contribution < 1.29 is 4.79 Å². The molecule has 2 N–H and O–H groups in total. The first-order chi connectivity index (χ1) is 9.10. The molecule has 1 atom stereocenters. The predicted octanol–water partition coefficient (Wildman–Crippen LogP) is 2.21. The number of hydrogen-bond donors (Lipinski definition) is 2. The summed E-state index contributed by atoms with van der Waals surface area (Å²) in [5.74, 6) is -0.0628. The monoisotopic (exact) mass is 281 g/mol. The van der Waals surface area contributed by atoms with Crippen LogP contribution in [0, 0.1) is 0 Å². The fourth-order valence-corrected chi connectivity index (χ4v) is 2.64. The second kappa shape index (κ2) is 6.26. The Kier molecular flexibility index (Phi) is 4.66.